The number of hydrogen-bond donors (Lipinski definition) is 1. The zero-order chi connectivity index (χ0) is 14.5. The summed E-state index contributed by atoms with van der Waals surface area (Å²) in [5.41, 5.74) is 2.24. The minimum absolute atomic E-state index is 0.516. The van der Waals surface area contributed by atoms with Crippen LogP contribution in [0.1, 0.15) is 31.7 Å². The van der Waals surface area contributed by atoms with E-state index in [2.05, 4.69) is 64.9 Å². The molecule has 1 heterocycles. The van der Waals surface area contributed by atoms with Crippen molar-refractivity contribution >= 4 is 22.6 Å². The standard InChI is InChI=1S/C15H20IN3O/c1-10(2)17-9-5-8-13-18-19-15(20-13)12-7-4-6-11(3)14(12)16/h4,6-7,10,17H,5,8-9H2,1-3H3. The second-order valence-corrected chi connectivity index (χ2v) is 6.23. The molecule has 0 fully saturated rings. The Morgan fingerprint density at radius 1 is 1.30 bits per heavy atom. The molecule has 0 spiro atoms. The van der Waals surface area contributed by atoms with Crippen molar-refractivity contribution in [1.82, 2.24) is 15.5 Å². The highest BCUT2D eigenvalue weighted by Gasteiger charge is 2.12. The van der Waals surface area contributed by atoms with Crippen LogP contribution in [0.25, 0.3) is 11.5 Å². The van der Waals surface area contributed by atoms with Gasteiger partial charge in [-0.05, 0) is 54.1 Å². The van der Waals surface area contributed by atoms with Crippen LogP contribution in [0.4, 0.5) is 0 Å². The Morgan fingerprint density at radius 3 is 2.85 bits per heavy atom. The van der Waals surface area contributed by atoms with Gasteiger partial charge in [0.2, 0.25) is 11.8 Å². The van der Waals surface area contributed by atoms with Crippen molar-refractivity contribution < 1.29 is 4.42 Å². The Morgan fingerprint density at radius 2 is 2.10 bits per heavy atom. The zero-order valence-electron chi connectivity index (χ0n) is 12.1. The minimum atomic E-state index is 0.516. The van der Waals surface area contributed by atoms with Crippen molar-refractivity contribution in [2.45, 2.75) is 39.7 Å². The molecule has 1 aromatic carbocycles. The van der Waals surface area contributed by atoms with E-state index < -0.39 is 0 Å². The van der Waals surface area contributed by atoms with E-state index in [1.54, 1.807) is 0 Å². The topological polar surface area (TPSA) is 51.0 Å². The van der Waals surface area contributed by atoms with Gasteiger partial charge in [0.05, 0.1) is 5.56 Å². The normalized spacial score (nSPS) is 11.2. The Hall–Kier alpha value is -0.950. The van der Waals surface area contributed by atoms with Gasteiger partial charge >= 0.3 is 0 Å². The summed E-state index contributed by atoms with van der Waals surface area (Å²) in [4.78, 5) is 0. The predicted molar refractivity (Wildman–Crippen MR) is 88.6 cm³/mol. The van der Waals surface area contributed by atoms with Gasteiger partial charge in [-0.2, -0.15) is 0 Å². The van der Waals surface area contributed by atoms with Gasteiger partial charge in [-0.15, -0.1) is 10.2 Å². The Bertz CT molecular complexity index is 566. The van der Waals surface area contributed by atoms with Gasteiger partial charge in [0, 0.05) is 16.0 Å². The third-order valence-corrected chi connectivity index (χ3v) is 4.44. The summed E-state index contributed by atoms with van der Waals surface area (Å²) in [6.07, 6.45) is 1.82. The lowest BCUT2D eigenvalue weighted by molar-refractivity contribution is 0.484. The van der Waals surface area contributed by atoms with Crippen LogP contribution in [-0.2, 0) is 6.42 Å². The smallest absolute Gasteiger partial charge is 0.248 e. The Balaban J connectivity index is 2.00. The van der Waals surface area contributed by atoms with Gasteiger partial charge in [0.1, 0.15) is 0 Å². The number of aromatic nitrogens is 2. The average Bonchev–Trinajstić information content (AvgIpc) is 2.86. The van der Waals surface area contributed by atoms with Crippen molar-refractivity contribution in [3.63, 3.8) is 0 Å². The molecule has 0 atom stereocenters. The van der Waals surface area contributed by atoms with Crippen LogP contribution in [0.2, 0.25) is 0 Å². The summed E-state index contributed by atoms with van der Waals surface area (Å²) in [7, 11) is 0. The van der Waals surface area contributed by atoms with E-state index in [0.717, 1.165) is 24.9 Å². The summed E-state index contributed by atoms with van der Waals surface area (Å²) in [5.74, 6) is 1.33. The van der Waals surface area contributed by atoms with E-state index in [1.165, 1.54) is 9.13 Å². The highest BCUT2D eigenvalue weighted by atomic mass is 127. The molecule has 20 heavy (non-hydrogen) atoms. The molecule has 2 aromatic rings. The maximum absolute atomic E-state index is 5.76. The van der Waals surface area contributed by atoms with E-state index in [1.807, 2.05) is 12.1 Å². The van der Waals surface area contributed by atoms with Gasteiger partial charge in [-0.25, -0.2) is 0 Å². The van der Waals surface area contributed by atoms with E-state index in [4.69, 9.17) is 4.42 Å². The van der Waals surface area contributed by atoms with Crippen LogP contribution in [-0.4, -0.2) is 22.8 Å². The molecule has 0 bridgehead atoms. The summed E-state index contributed by atoms with van der Waals surface area (Å²) >= 11 is 2.32. The minimum Gasteiger partial charge on any atom is -0.421 e. The number of benzene rings is 1. The maximum Gasteiger partial charge on any atom is 0.248 e. The number of aryl methyl sites for hydroxylation is 2. The first-order valence-electron chi connectivity index (χ1n) is 6.89. The van der Waals surface area contributed by atoms with Gasteiger partial charge in [-0.1, -0.05) is 26.0 Å². The molecule has 1 N–H and O–H groups in total. The zero-order valence-corrected chi connectivity index (χ0v) is 14.3. The van der Waals surface area contributed by atoms with E-state index in [0.29, 0.717) is 17.8 Å². The summed E-state index contributed by atoms with van der Waals surface area (Å²) in [6, 6.07) is 6.64. The molecule has 0 aliphatic rings. The second-order valence-electron chi connectivity index (χ2n) is 5.15. The molecule has 1 aromatic heterocycles. The number of halogens is 1. The number of nitrogens with one attached hydrogen (secondary N) is 1. The molecule has 0 aliphatic heterocycles. The highest BCUT2D eigenvalue weighted by molar-refractivity contribution is 14.1. The van der Waals surface area contributed by atoms with Crippen LogP contribution in [0.15, 0.2) is 22.6 Å². The monoisotopic (exact) mass is 385 g/mol. The second kappa shape index (κ2) is 7.17. The highest BCUT2D eigenvalue weighted by Crippen LogP contribution is 2.26. The molecule has 108 valence electrons. The van der Waals surface area contributed by atoms with Crippen molar-refractivity contribution in [3.05, 3.63) is 33.2 Å². The van der Waals surface area contributed by atoms with Crippen LogP contribution in [0.5, 0.6) is 0 Å². The molecule has 0 saturated heterocycles. The first-order valence-corrected chi connectivity index (χ1v) is 7.97. The summed E-state index contributed by atoms with van der Waals surface area (Å²) in [5, 5.41) is 11.7. The van der Waals surface area contributed by atoms with E-state index >= 15 is 0 Å². The van der Waals surface area contributed by atoms with Crippen LogP contribution in [0.3, 0.4) is 0 Å². The fourth-order valence-electron chi connectivity index (χ4n) is 1.91. The first-order chi connectivity index (χ1) is 9.58. The first kappa shape index (κ1) is 15.4. The van der Waals surface area contributed by atoms with Gasteiger partial charge in [-0.3, -0.25) is 0 Å². The number of hydrogen-bond acceptors (Lipinski definition) is 4. The van der Waals surface area contributed by atoms with E-state index in [9.17, 15) is 0 Å². The molecular formula is C15H20IN3O. The third-order valence-electron chi connectivity index (χ3n) is 3.01. The summed E-state index contributed by atoms with van der Waals surface area (Å²) < 4.78 is 6.93. The lowest BCUT2D eigenvalue weighted by atomic mass is 10.1. The van der Waals surface area contributed by atoms with Crippen LogP contribution < -0.4 is 5.32 Å². The fourth-order valence-corrected chi connectivity index (χ4v) is 2.50. The molecule has 0 aliphatic carbocycles. The lowest BCUT2D eigenvalue weighted by Gasteiger charge is -2.05. The SMILES string of the molecule is Cc1cccc(-c2nnc(CCCNC(C)C)o2)c1I. The van der Waals surface area contributed by atoms with Crippen molar-refractivity contribution in [2.75, 3.05) is 6.54 Å². The average molecular weight is 385 g/mol. The summed E-state index contributed by atoms with van der Waals surface area (Å²) in [6.45, 7) is 7.34. The Labute approximate surface area is 133 Å². The van der Waals surface area contributed by atoms with Crippen molar-refractivity contribution in [1.29, 1.82) is 0 Å². The lowest BCUT2D eigenvalue weighted by Crippen LogP contribution is -2.23. The molecule has 0 radical (unpaired) electrons. The molecule has 5 heteroatoms. The van der Waals surface area contributed by atoms with Crippen LogP contribution in [0, 0.1) is 10.5 Å². The van der Waals surface area contributed by atoms with Crippen molar-refractivity contribution in [2.24, 2.45) is 0 Å². The number of nitrogens with zero attached hydrogens (tertiary/aromatic N) is 2. The van der Waals surface area contributed by atoms with Gasteiger partial charge < -0.3 is 9.73 Å². The molecule has 0 saturated carbocycles. The van der Waals surface area contributed by atoms with Gasteiger partial charge in [0.25, 0.3) is 0 Å². The maximum atomic E-state index is 5.76. The van der Waals surface area contributed by atoms with Gasteiger partial charge in [0.15, 0.2) is 0 Å². The number of rotatable bonds is 6. The Kier molecular flexibility index (Phi) is 5.54. The quantitative estimate of drug-likeness (QED) is 0.610. The molecule has 2 rings (SSSR count). The largest absolute Gasteiger partial charge is 0.421 e. The van der Waals surface area contributed by atoms with E-state index in [-0.39, 0.29) is 0 Å². The molecular weight excluding hydrogens is 365 g/mol. The predicted octanol–water partition coefficient (Wildman–Crippen LogP) is 3.58. The van der Waals surface area contributed by atoms with Crippen molar-refractivity contribution in [3.8, 4) is 11.5 Å². The van der Waals surface area contributed by atoms with Crippen LogP contribution >= 0.6 is 22.6 Å². The third kappa shape index (κ3) is 4.02. The molecule has 4 nitrogen and oxygen atoms in total. The fraction of sp³-hybridized carbons (Fsp3) is 0.467. The molecule has 0 unspecified atom stereocenters. The molecule has 0 amide bonds.